The van der Waals surface area contributed by atoms with Crippen molar-refractivity contribution in [3.63, 3.8) is 0 Å². The maximum atomic E-state index is 5.91. The number of hydrogen-bond acceptors (Lipinski definition) is 2. The Labute approximate surface area is 98.3 Å². The van der Waals surface area contributed by atoms with Crippen molar-refractivity contribution in [1.82, 2.24) is 0 Å². The number of benzene rings is 1. The van der Waals surface area contributed by atoms with E-state index in [-0.39, 0.29) is 0 Å². The van der Waals surface area contributed by atoms with Crippen molar-refractivity contribution < 1.29 is 4.74 Å². The Balaban J connectivity index is 2.03. The molecule has 0 radical (unpaired) electrons. The van der Waals surface area contributed by atoms with Gasteiger partial charge in [-0.3, -0.25) is 0 Å². The number of ether oxygens (including phenoxy) is 1. The standard InChI is InChI=1S/C14H10OS/c1-2-7-12-11(5-1)6-3-8-13(15-12)14-9-4-10-16-14/h1-10H. The van der Waals surface area contributed by atoms with Crippen molar-refractivity contribution in [3.8, 4) is 5.75 Å². The summed E-state index contributed by atoms with van der Waals surface area (Å²) in [5, 5.41) is 2.06. The van der Waals surface area contributed by atoms with E-state index in [1.807, 2.05) is 36.4 Å². The van der Waals surface area contributed by atoms with Gasteiger partial charge in [-0.2, -0.15) is 0 Å². The van der Waals surface area contributed by atoms with Crippen LogP contribution in [0.4, 0.5) is 0 Å². The predicted molar refractivity (Wildman–Crippen MR) is 68.4 cm³/mol. The fourth-order valence-corrected chi connectivity index (χ4v) is 2.34. The molecule has 0 saturated heterocycles. The highest BCUT2D eigenvalue weighted by Crippen LogP contribution is 2.30. The lowest BCUT2D eigenvalue weighted by Gasteiger charge is -2.08. The first-order valence-corrected chi connectivity index (χ1v) is 6.00. The molecule has 0 spiro atoms. The van der Waals surface area contributed by atoms with Crippen molar-refractivity contribution >= 4 is 23.2 Å². The molecule has 16 heavy (non-hydrogen) atoms. The highest BCUT2D eigenvalue weighted by molar-refractivity contribution is 7.11. The van der Waals surface area contributed by atoms with Crippen LogP contribution in [0, 0.1) is 0 Å². The summed E-state index contributed by atoms with van der Waals surface area (Å²) in [6, 6.07) is 12.2. The molecule has 2 heteroatoms. The molecule has 1 aromatic carbocycles. The van der Waals surface area contributed by atoms with Crippen molar-refractivity contribution in [2.45, 2.75) is 0 Å². The van der Waals surface area contributed by atoms with E-state index in [4.69, 9.17) is 4.74 Å². The summed E-state index contributed by atoms with van der Waals surface area (Å²) in [6.07, 6.45) is 6.10. The lowest BCUT2D eigenvalue weighted by Crippen LogP contribution is -1.92. The quantitative estimate of drug-likeness (QED) is 0.708. The van der Waals surface area contributed by atoms with Crippen LogP contribution in [0.1, 0.15) is 10.4 Å². The van der Waals surface area contributed by atoms with Gasteiger partial charge < -0.3 is 4.74 Å². The van der Waals surface area contributed by atoms with Crippen molar-refractivity contribution in [1.29, 1.82) is 0 Å². The minimum absolute atomic E-state index is 0.913. The van der Waals surface area contributed by atoms with Crippen LogP contribution in [0.5, 0.6) is 5.75 Å². The monoisotopic (exact) mass is 226 g/mol. The van der Waals surface area contributed by atoms with E-state index in [0.29, 0.717) is 0 Å². The molecule has 1 aromatic heterocycles. The van der Waals surface area contributed by atoms with Crippen LogP contribution in [-0.2, 0) is 0 Å². The van der Waals surface area contributed by atoms with Crippen LogP contribution >= 0.6 is 11.3 Å². The van der Waals surface area contributed by atoms with Crippen molar-refractivity contribution in [2.24, 2.45) is 0 Å². The first-order chi connectivity index (χ1) is 7.93. The number of hydrogen-bond donors (Lipinski definition) is 0. The molecule has 1 aliphatic rings. The summed E-state index contributed by atoms with van der Waals surface area (Å²) in [4.78, 5) is 1.15. The number of fused-ring (bicyclic) bond motifs is 1. The van der Waals surface area contributed by atoms with E-state index in [0.717, 1.165) is 21.9 Å². The molecule has 0 atom stereocenters. The lowest BCUT2D eigenvalue weighted by molar-refractivity contribution is 0.516. The molecule has 0 saturated carbocycles. The molecule has 0 unspecified atom stereocenters. The minimum Gasteiger partial charge on any atom is -0.455 e. The lowest BCUT2D eigenvalue weighted by atomic mass is 10.2. The van der Waals surface area contributed by atoms with Gasteiger partial charge in [0.2, 0.25) is 0 Å². The third-order valence-corrected chi connectivity index (χ3v) is 3.31. The zero-order valence-corrected chi connectivity index (χ0v) is 9.41. The average molecular weight is 226 g/mol. The molecule has 1 nitrogen and oxygen atoms in total. The van der Waals surface area contributed by atoms with Gasteiger partial charge in [-0.15, -0.1) is 11.3 Å². The smallest absolute Gasteiger partial charge is 0.144 e. The zero-order chi connectivity index (χ0) is 10.8. The van der Waals surface area contributed by atoms with Gasteiger partial charge in [-0.05, 0) is 23.6 Å². The van der Waals surface area contributed by atoms with Gasteiger partial charge in [-0.1, -0.05) is 36.4 Å². The SMILES string of the molecule is C1=Cc2ccccc2OC(c2cccs2)=C1. The maximum Gasteiger partial charge on any atom is 0.144 e. The Hall–Kier alpha value is -1.80. The third kappa shape index (κ3) is 1.68. The maximum absolute atomic E-state index is 5.91. The van der Waals surface area contributed by atoms with E-state index in [1.54, 1.807) is 11.3 Å². The summed E-state index contributed by atoms with van der Waals surface area (Å²) >= 11 is 1.69. The van der Waals surface area contributed by atoms with Gasteiger partial charge in [-0.25, -0.2) is 0 Å². The minimum atomic E-state index is 0.913. The second kappa shape index (κ2) is 3.99. The Morgan fingerprint density at radius 2 is 1.94 bits per heavy atom. The Bertz CT molecular complexity index is 550. The number of thiophene rings is 1. The number of allylic oxidation sites excluding steroid dienone is 2. The molecular formula is C14H10OS. The highest BCUT2D eigenvalue weighted by Gasteiger charge is 2.09. The summed E-state index contributed by atoms with van der Waals surface area (Å²) in [5.41, 5.74) is 1.12. The first kappa shape index (κ1) is 9.43. The van der Waals surface area contributed by atoms with Crippen LogP contribution in [0.15, 0.2) is 53.9 Å². The number of para-hydroxylation sites is 1. The molecule has 0 amide bonds. The van der Waals surface area contributed by atoms with Crippen LogP contribution < -0.4 is 4.74 Å². The van der Waals surface area contributed by atoms with Crippen molar-refractivity contribution in [2.75, 3.05) is 0 Å². The molecule has 2 aromatic rings. The van der Waals surface area contributed by atoms with E-state index in [2.05, 4.69) is 23.6 Å². The van der Waals surface area contributed by atoms with Crippen LogP contribution in [0.25, 0.3) is 11.8 Å². The summed E-state index contributed by atoms with van der Waals surface area (Å²) in [7, 11) is 0. The molecule has 0 bridgehead atoms. The highest BCUT2D eigenvalue weighted by atomic mass is 32.1. The normalized spacial score (nSPS) is 13.6. The molecule has 3 rings (SSSR count). The van der Waals surface area contributed by atoms with Gasteiger partial charge in [0.05, 0.1) is 4.88 Å². The fourth-order valence-electron chi connectivity index (χ4n) is 1.65. The Kier molecular flexibility index (Phi) is 2.35. The van der Waals surface area contributed by atoms with Gasteiger partial charge in [0.1, 0.15) is 11.5 Å². The first-order valence-electron chi connectivity index (χ1n) is 5.12. The van der Waals surface area contributed by atoms with Crippen LogP contribution in [-0.4, -0.2) is 0 Å². The second-order valence-corrected chi connectivity index (χ2v) is 4.45. The van der Waals surface area contributed by atoms with E-state index in [9.17, 15) is 0 Å². The van der Waals surface area contributed by atoms with E-state index >= 15 is 0 Å². The molecule has 2 heterocycles. The number of rotatable bonds is 1. The molecule has 0 N–H and O–H groups in total. The summed E-state index contributed by atoms with van der Waals surface area (Å²) in [5.74, 6) is 1.83. The molecular weight excluding hydrogens is 216 g/mol. The second-order valence-electron chi connectivity index (χ2n) is 3.51. The summed E-state index contributed by atoms with van der Waals surface area (Å²) < 4.78 is 5.91. The Morgan fingerprint density at radius 3 is 2.81 bits per heavy atom. The van der Waals surface area contributed by atoms with Gasteiger partial charge in [0.25, 0.3) is 0 Å². The van der Waals surface area contributed by atoms with E-state index < -0.39 is 0 Å². The molecule has 78 valence electrons. The topological polar surface area (TPSA) is 9.23 Å². The average Bonchev–Trinajstić information content (AvgIpc) is 2.75. The van der Waals surface area contributed by atoms with Crippen molar-refractivity contribution in [3.05, 3.63) is 64.4 Å². The molecule has 0 fully saturated rings. The van der Waals surface area contributed by atoms with Gasteiger partial charge >= 0.3 is 0 Å². The van der Waals surface area contributed by atoms with Gasteiger partial charge in [0.15, 0.2) is 0 Å². The predicted octanol–water partition coefficient (Wildman–Crippen LogP) is 4.19. The largest absolute Gasteiger partial charge is 0.455 e. The zero-order valence-electron chi connectivity index (χ0n) is 8.59. The Morgan fingerprint density at radius 1 is 1.00 bits per heavy atom. The van der Waals surface area contributed by atoms with Crippen LogP contribution in [0.3, 0.4) is 0 Å². The molecule has 1 aliphatic heterocycles. The van der Waals surface area contributed by atoms with Crippen LogP contribution in [0.2, 0.25) is 0 Å². The van der Waals surface area contributed by atoms with E-state index in [1.165, 1.54) is 0 Å². The fraction of sp³-hybridized carbons (Fsp3) is 0. The summed E-state index contributed by atoms with van der Waals surface area (Å²) in [6.45, 7) is 0. The molecule has 0 aliphatic carbocycles. The third-order valence-electron chi connectivity index (χ3n) is 2.43. The van der Waals surface area contributed by atoms with Gasteiger partial charge in [0, 0.05) is 5.56 Å².